The summed E-state index contributed by atoms with van der Waals surface area (Å²) in [6.07, 6.45) is 1.93. The first-order valence-corrected chi connectivity index (χ1v) is 9.65. The highest BCUT2D eigenvalue weighted by Crippen LogP contribution is 2.26. The van der Waals surface area contributed by atoms with Crippen molar-refractivity contribution in [3.05, 3.63) is 60.2 Å². The molecule has 5 nitrogen and oxygen atoms in total. The Morgan fingerprint density at radius 3 is 2.67 bits per heavy atom. The van der Waals surface area contributed by atoms with Gasteiger partial charge in [-0.2, -0.15) is 0 Å². The van der Waals surface area contributed by atoms with E-state index in [-0.39, 0.29) is 17.9 Å². The van der Waals surface area contributed by atoms with Crippen molar-refractivity contribution in [2.75, 3.05) is 18.0 Å². The van der Waals surface area contributed by atoms with E-state index >= 15 is 0 Å². The molecular weight excluding hydrogens is 336 g/mol. The van der Waals surface area contributed by atoms with Crippen molar-refractivity contribution in [3.63, 3.8) is 0 Å². The number of hydrogen-bond acceptors (Lipinski definition) is 3. The van der Waals surface area contributed by atoms with Crippen LogP contribution in [0.5, 0.6) is 0 Å². The number of nitrogens with one attached hydrogen (secondary N) is 1. The number of nitrogens with zero attached hydrogens (tertiary/aromatic N) is 3. The minimum atomic E-state index is -0.00951. The fourth-order valence-electron chi connectivity index (χ4n) is 3.94. The fraction of sp³-hybridized carbons (Fsp3) is 0.364. The molecule has 1 aliphatic rings. The van der Waals surface area contributed by atoms with Crippen molar-refractivity contribution in [1.29, 1.82) is 0 Å². The SMILES string of the molecule is CC(NC(=O)C1CCCN(c2nc3ccccc3n2C)C1)c1ccccc1. The van der Waals surface area contributed by atoms with Gasteiger partial charge in [0.05, 0.1) is 23.0 Å². The van der Waals surface area contributed by atoms with Crippen molar-refractivity contribution in [1.82, 2.24) is 14.9 Å². The smallest absolute Gasteiger partial charge is 0.225 e. The summed E-state index contributed by atoms with van der Waals surface area (Å²) in [5.74, 6) is 1.07. The summed E-state index contributed by atoms with van der Waals surface area (Å²) in [7, 11) is 2.05. The quantitative estimate of drug-likeness (QED) is 0.770. The molecule has 2 aromatic carbocycles. The minimum absolute atomic E-state index is 0.00951. The maximum absolute atomic E-state index is 12.9. The van der Waals surface area contributed by atoms with Crippen LogP contribution in [-0.2, 0) is 11.8 Å². The zero-order valence-corrected chi connectivity index (χ0v) is 15.9. The molecule has 0 aliphatic carbocycles. The van der Waals surface area contributed by atoms with Gasteiger partial charge in [-0.05, 0) is 37.5 Å². The number of piperidine rings is 1. The number of aromatic nitrogens is 2. The fourth-order valence-corrected chi connectivity index (χ4v) is 3.94. The van der Waals surface area contributed by atoms with Crippen molar-refractivity contribution >= 4 is 22.9 Å². The van der Waals surface area contributed by atoms with Crippen molar-refractivity contribution in [2.24, 2.45) is 13.0 Å². The zero-order valence-electron chi connectivity index (χ0n) is 15.9. The molecule has 1 fully saturated rings. The number of rotatable bonds is 4. The van der Waals surface area contributed by atoms with Gasteiger partial charge in [0.25, 0.3) is 0 Å². The van der Waals surface area contributed by atoms with Gasteiger partial charge < -0.3 is 14.8 Å². The van der Waals surface area contributed by atoms with Gasteiger partial charge in [0, 0.05) is 20.1 Å². The molecule has 1 N–H and O–H groups in total. The molecule has 1 aromatic heterocycles. The predicted molar refractivity (Wildman–Crippen MR) is 109 cm³/mol. The van der Waals surface area contributed by atoms with Gasteiger partial charge in [-0.25, -0.2) is 4.98 Å². The Balaban J connectivity index is 1.47. The van der Waals surface area contributed by atoms with Crippen LogP contribution in [0.15, 0.2) is 54.6 Å². The monoisotopic (exact) mass is 362 g/mol. The number of benzene rings is 2. The molecule has 0 saturated carbocycles. The largest absolute Gasteiger partial charge is 0.349 e. The Morgan fingerprint density at radius 2 is 1.89 bits per heavy atom. The average molecular weight is 362 g/mol. The Hall–Kier alpha value is -2.82. The maximum atomic E-state index is 12.9. The van der Waals surface area contributed by atoms with Crippen LogP contribution < -0.4 is 10.2 Å². The van der Waals surface area contributed by atoms with Gasteiger partial charge >= 0.3 is 0 Å². The summed E-state index contributed by atoms with van der Waals surface area (Å²) < 4.78 is 2.13. The molecule has 2 atom stereocenters. The lowest BCUT2D eigenvalue weighted by atomic mass is 9.96. The highest BCUT2D eigenvalue weighted by atomic mass is 16.2. The van der Waals surface area contributed by atoms with Crippen LogP contribution in [0.25, 0.3) is 11.0 Å². The van der Waals surface area contributed by atoms with Gasteiger partial charge in [-0.3, -0.25) is 4.79 Å². The van der Waals surface area contributed by atoms with Gasteiger partial charge in [0.15, 0.2) is 0 Å². The second kappa shape index (κ2) is 7.43. The summed E-state index contributed by atoms with van der Waals surface area (Å²) >= 11 is 0. The third-order valence-electron chi connectivity index (χ3n) is 5.50. The summed E-state index contributed by atoms with van der Waals surface area (Å²) in [5.41, 5.74) is 3.25. The molecule has 27 heavy (non-hydrogen) atoms. The van der Waals surface area contributed by atoms with Gasteiger partial charge in [0.1, 0.15) is 0 Å². The van der Waals surface area contributed by atoms with E-state index in [1.807, 2.05) is 50.4 Å². The Morgan fingerprint density at radius 1 is 1.15 bits per heavy atom. The molecule has 2 heterocycles. The van der Waals surface area contributed by atoms with Crippen LogP contribution >= 0.6 is 0 Å². The third-order valence-corrected chi connectivity index (χ3v) is 5.50. The minimum Gasteiger partial charge on any atom is -0.349 e. The molecule has 2 unspecified atom stereocenters. The van der Waals surface area contributed by atoms with Crippen molar-refractivity contribution < 1.29 is 4.79 Å². The Kier molecular flexibility index (Phi) is 4.84. The molecule has 3 aromatic rings. The highest BCUT2D eigenvalue weighted by Gasteiger charge is 2.29. The standard InChI is InChI=1S/C22H26N4O/c1-16(17-9-4-3-5-10-17)23-21(27)18-11-8-14-26(15-18)22-24-19-12-6-7-13-20(19)25(22)2/h3-7,9-10,12-13,16,18H,8,11,14-15H2,1-2H3,(H,23,27). The molecular formula is C22H26N4O. The van der Waals surface area contributed by atoms with Crippen LogP contribution in [-0.4, -0.2) is 28.5 Å². The summed E-state index contributed by atoms with van der Waals surface area (Å²) in [6, 6.07) is 18.3. The van der Waals surface area contributed by atoms with E-state index in [9.17, 15) is 4.79 Å². The first-order chi connectivity index (χ1) is 13.1. The van der Waals surface area contributed by atoms with E-state index in [1.54, 1.807) is 0 Å². The lowest BCUT2D eigenvalue weighted by molar-refractivity contribution is -0.125. The molecule has 0 radical (unpaired) electrons. The summed E-state index contributed by atoms with van der Waals surface area (Å²) in [6.45, 7) is 3.69. The number of carbonyl (C=O) groups excluding carboxylic acids is 1. The highest BCUT2D eigenvalue weighted by molar-refractivity contribution is 5.81. The first kappa shape index (κ1) is 17.6. The second-order valence-corrected chi connectivity index (χ2v) is 7.39. The first-order valence-electron chi connectivity index (χ1n) is 9.65. The number of aryl methyl sites for hydroxylation is 1. The second-order valence-electron chi connectivity index (χ2n) is 7.39. The maximum Gasteiger partial charge on any atom is 0.225 e. The predicted octanol–water partition coefficient (Wildman–Crippen LogP) is 3.67. The summed E-state index contributed by atoms with van der Waals surface area (Å²) in [5, 5.41) is 3.19. The van der Waals surface area contributed by atoms with Crippen LogP contribution in [0.1, 0.15) is 31.4 Å². The zero-order chi connectivity index (χ0) is 18.8. The van der Waals surface area contributed by atoms with E-state index in [0.717, 1.165) is 41.9 Å². The number of carbonyl (C=O) groups is 1. The van der Waals surface area contributed by atoms with Gasteiger partial charge in [-0.1, -0.05) is 42.5 Å². The van der Waals surface area contributed by atoms with Crippen LogP contribution in [0.3, 0.4) is 0 Å². The summed E-state index contributed by atoms with van der Waals surface area (Å²) in [4.78, 5) is 19.9. The van der Waals surface area contributed by atoms with Crippen LogP contribution in [0.4, 0.5) is 5.95 Å². The lowest BCUT2D eigenvalue weighted by Crippen LogP contribution is -2.44. The van der Waals surface area contributed by atoms with Gasteiger partial charge in [-0.15, -0.1) is 0 Å². The number of anilines is 1. The Bertz CT molecular complexity index is 934. The molecule has 5 heteroatoms. The van der Waals surface area contributed by atoms with Crippen LogP contribution in [0, 0.1) is 5.92 Å². The average Bonchev–Trinajstić information content (AvgIpc) is 3.05. The lowest BCUT2D eigenvalue weighted by Gasteiger charge is -2.33. The van der Waals surface area contributed by atoms with Crippen LogP contribution in [0.2, 0.25) is 0 Å². The normalized spacial score (nSPS) is 18.4. The van der Waals surface area contributed by atoms with Crippen molar-refractivity contribution in [3.8, 4) is 0 Å². The third kappa shape index (κ3) is 3.54. The molecule has 1 amide bonds. The Labute approximate surface area is 160 Å². The molecule has 0 spiro atoms. The number of fused-ring (bicyclic) bond motifs is 1. The molecule has 1 saturated heterocycles. The van der Waals surface area contributed by atoms with E-state index in [1.165, 1.54) is 0 Å². The number of amides is 1. The van der Waals surface area contributed by atoms with E-state index in [4.69, 9.17) is 4.98 Å². The van der Waals surface area contributed by atoms with Crippen molar-refractivity contribution in [2.45, 2.75) is 25.8 Å². The number of imidazole rings is 1. The topological polar surface area (TPSA) is 50.2 Å². The molecule has 4 rings (SSSR count). The van der Waals surface area contributed by atoms with Gasteiger partial charge in [0.2, 0.25) is 11.9 Å². The number of para-hydroxylation sites is 2. The molecule has 140 valence electrons. The van der Waals surface area contributed by atoms with E-state index in [0.29, 0.717) is 6.54 Å². The van der Waals surface area contributed by atoms with E-state index < -0.39 is 0 Å². The molecule has 1 aliphatic heterocycles. The molecule has 0 bridgehead atoms. The number of hydrogen-bond donors (Lipinski definition) is 1. The van der Waals surface area contributed by atoms with E-state index in [2.05, 4.69) is 33.0 Å².